The lowest BCUT2D eigenvalue weighted by Gasteiger charge is -2.25. The number of furan rings is 1. The summed E-state index contributed by atoms with van der Waals surface area (Å²) in [7, 11) is 0. The molecular formula is C25H20N4O3S. The first kappa shape index (κ1) is 20.8. The monoisotopic (exact) mass is 456 g/mol. The lowest BCUT2D eigenvalue weighted by Crippen LogP contribution is -2.29. The maximum Gasteiger partial charge on any atom is 0.335 e. The van der Waals surface area contributed by atoms with Gasteiger partial charge in [0.15, 0.2) is 5.11 Å². The quantitative estimate of drug-likeness (QED) is 0.407. The van der Waals surface area contributed by atoms with Crippen LogP contribution in [0.1, 0.15) is 39.6 Å². The Bertz CT molecular complexity index is 1280. The molecule has 8 heteroatoms. The molecule has 1 aromatic carbocycles. The number of aromatic carboxylic acids is 1. The molecule has 5 rings (SSSR count). The molecule has 3 aromatic heterocycles. The van der Waals surface area contributed by atoms with Crippen molar-refractivity contribution in [2.45, 2.75) is 18.6 Å². The summed E-state index contributed by atoms with van der Waals surface area (Å²) in [5.74, 6) is 0.416. The van der Waals surface area contributed by atoms with Crippen molar-refractivity contribution in [2.24, 2.45) is 0 Å². The number of rotatable bonds is 6. The number of hydrogen-bond donors (Lipinski definition) is 2. The number of nitrogens with zero attached hydrogens (tertiary/aromatic N) is 3. The average molecular weight is 457 g/mol. The largest absolute Gasteiger partial charge is 0.478 e. The first-order valence-corrected chi connectivity index (χ1v) is 10.8. The number of benzene rings is 1. The summed E-state index contributed by atoms with van der Waals surface area (Å²) in [6.07, 6.45) is 3.52. The zero-order chi connectivity index (χ0) is 22.8. The van der Waals surface area contributed by atoms with Crippen molar-refractivity contribution in [1.29, 1.82) is 0 Å². The highest BCUT2D eigenvalue weighted by Gasteiger charge is 2.41. The third kappa shape index (κ3) is 4.20. The lowest BCUT2D eigenvalue weighted by molar-refractivity contribution is 0.0697. The van der Waals surface area contributed by atoms with Crippen LogP contribution in [0.15, 0.2) is 89.6 Å². The van der Waals surface area contributed by atoms with E-state index in [-0.39, 0.29) is 17.6 Å². The van der Waals surface area contributed by atoms with Gasteiger partial charge in [0.2, 0.25) is 0 Å². The summed E-state index contributed by atoms with van der Waals surface area (Å²) < 4.78 is 6.29. The molecule has 2 N–H and O–H groups in total. The molecule has 0 spiro atoms. The van der Waals surface area contributed by atoms with Gasteiger partial charge in [0.25, 0.3) is 0 Å². The number of pyridine rings is 2. The molecule has 164 valence electrons. The number of hydrogen-bond acceptors (Lipinski definition) is 5. The van der Waals surface area contributed by atoms with Gasteiger partial charge in [-0.05, 0) is 60.7 Å². The Kier molecular flexibility index (Phi) is 5.58. The van der Waals surface area contributed by atoms with Gasteiger partial charge in [-0.2, -0.15) is 0 Å². The topological polar surface area (TPSA) is 91.5 Å². The molecule has 4 aromatic rings. The highest BCUT2D eigenvalue weighted by atomic mass is 32.1. The molecule has 4 heterocycles. The molecule has 0 saturated carbocycles. The summed E-state index contributed by atoms with van der Waals surface area (Å²) in [6, 6.07) is 21.6. The summed E-state index contributed by atoms with van der Waals surface area (Å²) in [5, 5.41) is 13.1. The van der Waals surface area contributed by atoms with E-state index in [0.717, 1.165) is 22.7 Å². The molecule has 7 nitrogen and oxygen atoms in total. The van der Waals surface area contributed by atoms with Crippen LogP contribution in [0.5, 0.6) is 0 Å². The van der Waals surface area contributed by atoms with E-state index in [1.54, 1.807) is 36.7 Å². The first-order chi connectivity index (χ1) is 16.1. The number of nitrogens with one attached hydrogen (secondary N) is 1. The maximum absolute atomic E-state index is 11.2. The van der Waals surface area contributed by atoms with Crippen molar-refractivity contribution in [1.82, 2.24) is 20.2 Å². The summed E-state index contributed by atoms with van der Waals surface area (Å²) in [5.41, 5.74) is 2.78. The Balaban J connectivity index is 1.51. The predicted octanol–water partition coefficient (Wildman–Crippen LogP) is 4.61. The van der Waals surface area contributed by atoms with Crippen LogP contribution in [-0.4, -0.2) is 31.1 Å². The second-order valence-corrected chi connectivity index (χ2v) is 8.05. The van der Waals surface area contributed by atoms with E-state index in [2.05, 4.69) is 20.2 Å². The molecule has 1 aliphatic heterocycles. The molecule has 2 atom stereocenters. The second kappa shape index (κ2) is 8.84. The van der Waals surface area contributed by atoms with Crippen molar-refractivity contribution in [3.8, 4) is 11.3 Å². The van der Waals surface area contributed by atoms with Gasteiger partial charge < -0.3 is 19.7 Å². The number of carboxylic acid groups (broad SMARTS) is 1. The van der Waals surface area contributed by atoms with Gasteiger partial charge in [-0.15, -0.1) is 0 Å². The Morgan fingerprint density at radius 2 is 1.76 bits per heavy atom. The van der Waals surface area contributed by atoms with Crippen molar-refractivity contribution < 1.29 is 14.3 Å². The van der Waals surface area contributed by atoms with E-state index in [9.17, 15) is 4.79 Å². The van der Waals surface area contributed by atoms with Gasteiger partial charge in [-0.25, -0.2) is 4.79 Å². The number of thiocarbonyl (C=S) groups is 1. The van der Waals surface area contributed by atoms with E-state index in [1.807, 2.05) is 48.5 Å². The first-order valence-electron chi connectivity index (χ1n) is 10.4. The SMILES string of the molecule is O=C(O)c1ccc(-c2ccc([C@@H]3[C@H](c4ccccn4)NC(=S)N3Cc3ccccn3)o2)cc1. The van der Waals surface area contributed by atoms with Crippen molar-refractivity contribution in [3.05, 3.63) is 108 Å². The third-order valence-electron chi connectivity index (χ3n) is 5.59. The Morgan fingerprint density at radius 3 is 2.42 bits per heavy atom. The molecule has 1 saturated heterocycles. The van der Waals surface area contributed by atoms with Gasteiger partial charge in [0.05, 0.1) is 29.5 Å². The average Bonchev–Trinajstić information content (AvgIpc) is 3.45. The molecule has 0 bridgehead atoms. The summed E-state index contributed by atoms with van der Waals surface area (Å²) >= 11 is 5.69. The van der Waals surface area contributed by atoms with Crippen molar-refractivity contribution in [3.63, 3.8) is 0 Å². The fraction of sp³-hybridized carbons (Fsp3) is 0.120. The van der Waals surface area contributed by atoms with Gasteiger partial charge >= 0.3 is 5.97 Å². The summed E-state index contributed by atoms with van der Waals surface area (Å²) in [6.45, 7) is 0.518. The fourth-order valence-electron chi connectivity index (χ4n) is 3.99. The standard InChI is InChI=1S/C25H20N4O3S/c30-24(31)17-9-7-16(8-10-17)20-11-12-21(32-20)23-22(19-6-2-4-14-27-19)28-25(33)29(23)15-18-5-1-3-13-26-18/h1-14,22-23H,15H2,(H,28,33)(H,30,31)/t22-,23+/m0/s1. The smallest absolute Gasteiger partial charge is 0.335 e. The minimum atomic E-state index is -0.962. The zero-order valence-electron chi connectivity index (χ0n) is 17.5. The molecule has 33 heavy (non-hydrogen) atoms. The normalized spacial score (nSPS) is 17.7. The molecule has 0 aliphatic carbocycles. The number of carboxylic acids is 1. The van der Waals surface area contributed by atoms with E-state index in [1.165, 1.54) is 0 Å². The van der Waals surface area contributed by atoms with E-state index in [0.29, 0.717) is 17.4 Å². The van der Waals surface area contributed by atoms with Crippen LogP contribution in [0.2, 0.25) is 0 Å². The molecule has 0 amide bonds. The zero-order valence-corrected chi connectivity index (χ0v) is 18.3. The molecule has 0 unspecified atom stereocenters. The third-order valence-corrected chi connectivity index (χ3v) is 5.94. The predicted molar refractivity (Wildman–Crippen MR) is 126 cm³/mol. The van der Waals surface area contributed by atoms with E-state index < -0.39 is 5.97 Å². The second-order valence-electron chi connectivity index (χ2n) is 7.66. The van der Waals surface area contributed by atoms with Crippen LogP contribution < -0.4 is 5.32 Å². The van der Waals surface area contributed by atoms with Crippen LogP contribution in [0.25, 0.3) is 11.3 Å². The van der Waals surface area contributed by atoms with Crippen LogP contribution in [0.4, 0.5) is 0 Å². The minimum absolute atomic E-state index is 0.198. The molecule has 1 aliphatic rings. The van der Waals surface area contributed by atoms with Crippen LogP contribution >= 0.6 is 12.2 Å². The Morgan fingerprint density at radius 1 is 1.00 bits per heavy atom. The van der Waals surface area contributed by atoms with Crippen LogP contribution in [0.3, 0.4) is 0 Å². The highest BCUT2D eigenvalue weighted by molar-refractivity contribution is 7.80. The molecular weight excluding hydrogens is 436 g/mol. The van der Waals surface area contributed by atoms with Crippen LogP contribution in [-0.2, 0) is 6.54 Å². The highest BCUT2D eigenvalue weighted by Crippen LogP contribution is 2.41. The van der Waals surface area contributed by atoms with Crippen molar-refractivity contribution in [2.75, 3.05) is 0 Å². The number of carbonyl (C=O) groups is 1. The minimum Gasteiger partial charge on any atom is -0.478 e. The molecule has 1 fully saturated rings. The van der Waals surface area contributed by atoms with Gasteiger partial charge in [-0.3, -0.25) is 9.97 Å². The van der Waals surface area contributed by atoms with Crippen molar-refractivity contribution >= 4 is 23.3 Å². The van der Waals surface area contributed by atoms with Crippen LogP contribution in [0, 0.1) is 0 Å². The summed E-state index contributed by atoms with van der Waals surface area (Å²) in [4.78, 5) is 22.2. The van der Waals surface area contributed by atoms with E-state index in [4.69, 9.17) is 21.7 Å². The Labute approximate surface area is 195 Å². The Hall–Kier alpha value is -4.04. The molecule has 0 radical (unpaired) electrons. The maximum atomic E-state index is 11.2. The van der Waals surface area contributed by atoms with Gasteiger partial charge in [0, 0.05) is 18.0 Å². The van der Waals surface area contributed by atoms with E-state index >= 15 is 0 Å². The van der Waals surface area contributed by atoms with Gasteiger partial charge in [-0.1, -0.05) is 24.3 Å². The fourth-order valence-corrected chi connectivity index (χ4v) is 4.30. The lowest BCUT2D eigenvalue weighted by atomic mass is 10.0. The number of aromatic nitrogens is 2. The van der Waals surface area contributed by atoms with Gasteiger partial charge in [0.1, 0.15) is 17.6 Å².